The normalized spacial score (nSPS) is 17.8. The molecule has 3 aromatic rings. The summed E-state index contributed by atoms with van der Waals surface area (Å²) >= 11 is 6.16. The van der Waals surface area contributed by atoms with E-state index in [2.05, 4.69) is 4.98 Å². The number of aromatic nitrogens is 1. The Morgan fingerprint density at radius 1 is 1.09 bits per heavy atom. The Morgan fingerprint density at radius 3 is 2.47 bits per heavy atom. The standard InChI is InChI=1S/C23H19ClN2O5S/c1-14-9-10-25-19(11-14)23(29)22-18(13-21(27)28)17-12-15(24)7-8-20(17)26(22)32(30,31)16-5-3-2-4-6-16/h2-12,18,22H,13H2,1H3,(H,27,28). The number of nitrogens with zero attached hydrogens (tertiary/aromatic N) is 2. The second kappa shape index (κ2) is 8.37. The van der Waals surface area contributed by atoms with E-state index >= 15 is 0 Å². The number of aliphatic carboxylic acids is 1. The van der Waals surface area contributed by atoms with Gasteiger partial charge >= 0.3 is 5.97 Å². The average molecular weight is 471 g/mol. The molecule has 0 amide bonds. The molecule has 0 saturated heterocycles. The Hall–Kier alpha value is -3.23. The van der Waals surface area contributed by atoms with Gasteiger partial charge in [-0.15, -0.1) is 0 Å². The van der Waals surface area contributed by atoms with E-state index in [1.54, 1.807) is 37.3 Å². The summed E-state index contributed by atoms with van der Waals surface area (Å²) in [6, 6.07) is 14.2. The fraction of sp³-hybridized carbons (Fsp3) is 0.174. The van der Waals surface area contributed by atoms with E-state index in [0.29, 0.717) is 10.6 Å². The van der Waals surface area contributed by atoms with Crippen molar-refractivity contribution in [3.05, 3.63) is 88.7 Å². The van der Waals surface area contributed by atoms with E-state index in [4.69, 9.17) is 11.6 Å². The molecule has 0 bridgehead atoms. The predicted molar refractivity (Wildman–Crippen MR) is 120 cm³/mol. The first-order valence-corrected chi connectivity index (χ1v) is 11.6. The van der Waals surface area contributed by atoms with Crippen molar-refractivity contribution in [1.29, 1.82) is 0 Å². The highest BCUT2D eigenvalue weighted by atomic mass is 35.5. The highest BCUT2D eigenvalue weighted by molar-refractivity contribution is 7.93. The molecule has 0 saturated carbocycles. The maximum absolute atomic E-state index is 13.7. The second-order valence-electron chi connectivity index (χ2n) is 7.55. The molecule has 0 radical (unpaired) electrons. The number of anilines is 1. The van der Waals surface area contributed by atoms with Crippen molar-refractivity contribution in [3.63, 3.8) is 0 Å². The Balaban J connectivity index is 1.95. The van der Waals surface area contributed by atoms with Gasteiger partial charge in [0, 0.05) is 17.1 Å². The van der Waals surface area contributed by atoms with Crippen LogP contribution in [0.25, 0.3) is 0 Å². The summed E-state index contributed by atoms with van der Waals surface area (Å²) in [6.45, 7) is 1.79. The molecule has 2 aromatic carbocycles. The molecule has 2 atom stereocenters. The van der Waals surface area contributed by atoms with E-state index in [1.807, 2.05) is 0 Å². The molecule has 7 nitrogen and oxygen atoms in total. The van der Waals surface area contributed by atoms with Gasteiger partial charge in [-0.1, -0.05) is 29.8 Å². The number of benzene rings is 2. The number of sulfonamides is 1. The summed E-state index contributed by atoms with van der Waals surface area (Å²) in [5.41, 5.74) is 1.47. The minimum Gasteiger partial charge on any atom is -0.481 e. The van der Waals surface area contributed by atoms with Crippen LogP contribution in [-0.2, 0) is 14.8 Å². The fourth-order valence-electron chi connectivity index (χ4n) is 4.01. The molecule has 1 aromatic heterocycles. The molecule has 1 N–H and O–H groups in total. The molecule has 1 aliphatic heterocycles. The Kier molecular flexibility index (Phi) is 5.75. The van der Waals surface area contributed by atoms with Crippen LogP contribution in [0.4, 0.5) is 5.69 Å². The lowest BCUT2D eigenvalue weighted by molar-refractivity contribution is -0.137. The number of carbonyl (C=O) groups excluding carboxylic acids is 1. The number of hydrogen-bond acceptors (Lipinski definition) is 5. The van der Waals surface area contributed by atoms with Gasteiger partial charge < -0.3 is 5.11 Å². The lowest BCUT2D eigenvalue weighted by atomic mass is 9.88. The molecule has 0 fully saturated rings. The number of halogens is 1. The summed E-state index contributed by atoms with van der Waals surface area (Å²) in [7, 11) is -4.20. The quantitative estimate of drug-likeness (QED) is 0.544. The molecular formula is C23H19ClN2O5S. The van der Waals surface area contributed by atoms with Crippen molar-refractivity contribution in [2.24, 2.45) is 0 Å². The maximum atomic E-state index is 13.7. The molecule has 1 aliphatic rings. The number of rotatable bonds is 6. The van der Waals surface area contributed by atoms with Crippen molar-refractivity contribution in [3.8, 4) is 0 Å². The van der Waals surface area contributed by atoms with E-state index in [9.17, 15) is 23.1 Å². The van der Waals surface area contributed by atoms with Crippen LogP contribution in [0.3, 0.4) is 0 Å². The van der Waals surface area contributed by atoms with Gasteiger partial charge in [-0.3, -0.25) is 18.9 Å². The SMILES string of the molecule is Cc1ccnc(C(=O)C2C(CC(=O)O)c3cc(Cl)ccc3N2S(=O)(=O)c2ccccc2)c1. The van der Waals surface area contributed by atoms with Gasteiger partial charge in [-0.05, 0) is 60.5 Å². The monoisotopic (exact) mass is 470 g/mol. The molecule has 0 aliphatic carbocycles. The summed E-state index contributed by atoms with van der Waals surface area (Å²) < 4.78 is 28.4. The van der Waals surface area contributed by atoms with Crippen LogP contribution >= 0.6 is 11.6 Å². The van der Waals surface area contributed by atoms with Crippen molar-refractivity contribution < 1.29 is 23.1 Å². The van der Waals surface area contributed by atoms with Gasteiger partial charge in [0.25, 0.3) is 10.0 Å². The molecule has 2 heterocycles. The summed E-state index contributed by atoms with van der Waals surface area (Å²) in [4.78, 5) is 29.5. The number of Topliss-reactive ketones (excluding diaryl/α,β-unsaturated/α-hetero) is 1. The van der Waals surface area contributed by atoms with E-state index in [0.717, 1.165) is 9.87 Å². The molecule has 32 heavy (non-hydrogen) atoms. The zero-order valence-corrected chi connectivity index (χ0v) is 18.5. The van der Waals surface area contributed by atoms with Crippen molar-refractivity contribution in [2.45, 2.75) is 30.2 Å². The number of pyridine rings is 1. The average Bonchev–Trinajstić information content (AvgIpc) is 3.07. The number of fused-ring (bicyclic) bond motifs is 1. The summed E-state index contributed by atoms with van der Waals surface area (Å²) in [5.74, 6) is -2.67. The van der Waals surface area contributed by atoms with Crippen LogP contribution < -0.4 is 4.31 Å². The van der Waals surface area contributed by atoms with E-state index < -0.39 is 40.2 Å². The minimum absolute atomic E-state index is 0.00752. The van der Waals surface area contributed by atoms with Gasteiger partial charge in [0.2, 0.25) is 5.78 Å². The zero-order chi connectivity index (χ0) is 23.0. The third-order valence-corrected chi connectivity index (χ3v) is 7.44. The fourth-order valence-corrected chi connectivity index (χ4v) is 5.89. The van der Waals surface area contributed by atoms with Crippen molar-refractivity contribution in [1.82, 2.24) is 4.98 Å². The first-order chi connectivity index (χ1) is 15.2. The molecule has 2 unspecified atom stereocenters. The molecule has 9 heteroatoms. The predicted octanol–water partition coefficient (Wildman–Crippen LogP) is 4.06. The van der Waals surface area contributed by atoms with Crippen LogP contribution in [0.15, 0.2) is 71.8 Å². The highest BCUT2D eigenvalue weighted by Crippen LogP contribution is 2.47. The number of carboxylic acid groups (broad SMARTS) is 1. The molecule has 0 spiro atoms. The van der Waals surface area contributed by atoms with Crippen molar-refractivity contribution in [2.75, 3.05) is 4.31 Å². The molecular weight excluding hydrogens is 452 g/mol. The van der Waals surface area contributed by atoms with Gasteiger partial charge in [0.15, 0.2) is 0 Å². The third kappa shape index (κ3) is 3.87. The Morgan fingerprint density at radius 2 is 1.81 bits per heavy atom. The Bertz CT molecular complexity index is 1310. The van der Waals surface area contributed by atoms with Crippen LogP contribution in [0, 0.1) is 6.92 Å². The van der Waals surface area contributed by atoms with Crippen LogP contribution in [0.1, 0.15) is 34.0 Å². The van der Waals surface area contributed by atoms with Gasteiger partial charge in [-0.2, -0.15) is 0 Å². The zero-order valence-electron chi connectivity index (χ0n) is 17.0. The van der Waals surface area contributed by atoms with E-state index in [-0.39, 0.29) is 16.3 Å². The summed E-state index contributed by atoms with van der Waals surface area (Å²) in [6.07, 6.45) is 1.01. The van der Waals surface area contributed by atoms with Crippen LogP contribution in [-0.4, -0.2) is 36.3 Å². The molecule has 164 valence electrons. The second-order valence-corrected chi connectivity index (χ2v) is 9.80. The number of carboxylic acids is 1. The van der Waals surface area contributed by atoms with Gasteiger partial charge in [0.05, 0.1) is 17.0 Å². The number of carbonyl (C=O) groups is 2. The maximum Gasteiger partial charge on any atom is 0.304 e. The largest absolute Gasteiger partial charge is 0.481 e. The smallest absolute Gasteiger partial charge is 0.304 e. The van der Waals surface area contributed by atoms with Crippen molar-refractivity contribution >= 4 is 39.1 Å². The number of hydrogen-bond donors (Lipinski definition) is 1. The Labute approximate surface area is 190 Å². The first-order valence-electron chi connectivity index (χ1n) is 9.78. The van der Waals surface area contributed by atoms with Crippen LogP contribution in [0.5, 0.6) is 0 Å². The minimum atomic E-state index is -4.20. The highest BCUT2D eigenvalue weighted by Gasteiger charge is 2.49. The topological polar surface area (TPSA) is 105 Å². The number of aryl methyl sites for hydroxylation is 1. The van der Waals surface area contributed by atoms with E-state index in [1.165, 1.54) is 36.5 Å². The van der Waals surface area contributed by atoms with Gasteiger partial charge in [-0.25, -0.2) is 8.42 Å². The lowest BCUT2D eigenvalue weighted by Crippen LogP contribution is -2.45. The first kappa shape index (κ1) is 22.0. The van der Waals surface area contributed by atoms with Gasteiger partial charge in [0.1, 0.15) is 11.7 Å². The van der Waals surface area contributed by atoms with Crippen LogP contribution in [0.2, 0.25) is 5.02 Å². The number of ketones is 1. The molecule has 4 rings (SSSR count). The lowest BCUT2D eigenvalue weighted by Gasteiger charge is -2.28. The summed E-state index contributed by atoms with van der Waals surface area (Å²) in [5, 5.41) is 9.88. The third-order valence-electron chi connectivity index (χ3n) is 5.39.